The summed E-state index contributed by atoms with van der Waals surface area (Å²) < 4.78 is 11.4. The molecule has 1 aliphatic rings. The van der Waals surface area contributed by atoms with Crippen LogP contribution in [0.15, 0.2) is 51.2 Å². The first-order valence-corrected chi connectivity index (χ1v) is 7.80. The van der Waals surface area contributed by atoms with Gasteiger partial charge in [-0.25, -0.2) is 9.68 Å². The molecule has 2 aromatic rings. The Bertz CT molecular complexity index is 873. The average molecular weight is 328 g/mol. The van der Waals surface area contributed by atoms with Gasteiger partial charge in [0.2, 0.25) is 0 Å². The summed E-state index contributed by atoms with van der Waals surface area (Å²) in [5, 5.41) is 9.95. The number of fused-ring (bicyclic) bond motifs is 3. The van der Waals surface area contributed by atoms with E-state index in [2.05, 4.69) is 4.89 Å². The molecule has 0 spiro atoms. The molecule has 0 amide bonds. The van der Waals surface area contributed by atoms with Gasteiger partial charge in [0.1, 0.15) is 23.0 Å². The smallest absolute Gasteiger partial charge is 0.336 e. The Morgan fingerprint density at radius 2 is 2.08 bits per heavy atom. The first-order valence-electron chi connectivity index (χ1n) is 7.80. The molecule has 126 valence electrons. The minimum atomic E-state index is -0.644. The molecule has 1 aromatic carbocycles. The summed E-state index contributed by atoms with van der Waals surface area (Å²) in [5.74, 6) is 0.635. The Morgan fingerprint density at radius 3 is 2.79 bits per heavy atom. The maximum atomic E-state index is 11.5. The third-order valence-corrected chi connectivity index (χ3v) is 3.99. The van der Waals surface area contributed by atoms with Crippen molar-refractivity contribution in [1.82, 2.24) is 0 Å². The van der Waals surface area contributed by atoms with E-state index in [9.17, 15) is 4.79 Å². The molecule has 2 heterocycles. The van der Waals surface area contributed by atoms with Crippen LogP contribution in [-0.4, -0.2) is 17.0 Å². The van der Waals surface area contributed by atoms with Crippen LogP contribution in [0.25, 0.3) is 17.0 Å². The third kappa shape index (κ3) is 3.27. The van der Waals surface area contributed by atoms with E-state index in [-0.39, 0.29) is 0 Å². The second-order valence-electron chi connectivity index (χ2n) is 6.49. The fourth-order valence-electron chi connectivity index (χ4n) is 2.94. The molecule has 0 saturated carbocycles. The molecule has 3 rings (SSSR count). The number of ether oxygens (including phenoxy) is 1. The van der Waals surface area contributed by atoms with Crippen molar-refractivity contribution in [3.8, 4) is 5.75 Å². The average Bonchev–Trinajstić information content (AvgIpc) is 2.53. The van der Waals surface area contributed by atoms with Gasteiger partial charge in [0.05, 0.1) is 5.56 Å². The van der Waals surface area contributed by atoms with Gasteiger partial charge in [-0.05, 0) is 51.1 Å². The number of hydrogen-bond donors (Lipinski definition) is 1. The summed E-state index contributed by atoms with van der Waals surface area (Å²) in [6.07, 6.45) is 5.61. The number of benzene rings is 1. The van der Waals surface area contributed by atoms with Crippen LogP contribution in [0.1, 0.15) is 32.8 Å². The van der Waals surface area contributed by atoms with Crippen LogP contribution in [0.4, 0.5) is 0 Å². The predicted octanol–water partition coefficient (Wildman–Crippen LogP) is 4.17. The van der Waals surface area contributed by atoms with E-state index in [0.717, 1.165) is 16.5 Å². The third-order valence-electron chi connectivity index (χ3n) is 3.99. The highest BCUT2D eigenvalue weighted by Crippen LogP contribution is 2.37. The maximum Gasteiger partial charge on any atom is 0.336 e. The van der Waals surface area contributed by atoms with Crippen LogP contribution in [0.5, 0.6) is 5.75 Å². The molecule has 5 heteroatoms. The zero-order chi connectivity index (χ0) is 17.3. The zero-order valence-corrected chi connectivity index (χ0v) is 13.9. The molecule has 0 saturated heterocycles. The minimum absolute atomic E-state index is 0.394. The Balaban J connectivity index is 1.96. The lowest BCUT2D eigenvalue weighted by atomic mass is 9.92. The Morgan fingerprint density at radius 1 is 1.33 bits per heavy atom. The molecule has 0 fully saturated rings. The number of rotatable bonds is 4. The minimum Gasteiger partial charge on any atom is -0.483 e. The second-order valence-corrected chi connectivity index (χ2v) is 6.49. The quantitative estimate of drug-likeness (QED) is 0.395. The van der Waals surface area contributed by atoms with Gasteiger partial charge in [-0.1, -0.05) is 11.6 Å². The highest BCUT2D eigenvalue weighted by Gasteiger charge is 2.31. The summed E-state index contributed by atoms with van der Waals surface area (Å²) >= 11 is 0. The van der Waals surface area contributed by atoms with Crippen LogP contribution in [0.2, 0.25) is 0 Å². The second kappa shape index (κ2) is 6.26. The molecule has 2 atom stereocenters. The van der Waals surface area contributed by atoms with Crippen molar-refractivity contribution in [2.45, 2.75) is 38.9 Å². The number of allylic oxidation sites excluding steroid dienone is 1. The van der Waals surface area contributed by atoms with E-state index >= 15 is 0 Å². The molecule has 0 bridgehead atoms. The van der Waals surface area contributed by atoms with Crippen LogP contribution in [0, 0.1) is 0 Å². The molecule has 5 nitrogen and oxygen atoms in total. The maximum absolute atomic E-state index is 11.5. The molecule has 2 unspecified atom stereocenters. The van der Waals surface area contributed by atoms with E-state index in [1.807, 2.05) is 51.1 Å². The van der Waals surface area contributed by atoms with Crippen LogP contribution >= 0.6 is 0 Å². The highest BCUT2D eigenvalue weighted by atomic mass is 17.1. The number of hydrogen-bond acceptors (Lipinski definition) is 5. The largest absolute Gasteiger partial charge is 0.483 e. The van der Waals surface area contributed by atoms with Gasteiger partial charge >= 0.3 is 5.63 Å². The van der Waals surface area contributed by atoms with Gasteiger partial charge in [-0.15, -0.1) is 0 Å². The van der Waals surface area contributed by atoms with Gasteiger partial charge in [0.15, 0.2) is 0 Å². The SMILES string of the molecule is CC(C)=CC(CC1(C)C=Cc2c(ccc3ccc(=O)oc23)O1)OO. The fourth-order valence-corrected chi connectivity index (χ4v) is 2.94. The zero-order valence-electron chi connectivity index (χ0n) is 13.9. The van der Waals surface area contributed by atoms with E-state index in [1.165, 1.54) is 6.07 Å². The van der Waals surface area contributed by atoms with E-state index < -0.39 is 17.3 Å². The normalized spacial score (nSPS) is 20.3. The van der Waals surface area contributed by atoms with E-state index in [0.29, 0.717) is 17.8 Å². The Kier molecular flexibility index (Phi) is 4.30. The van der Waals surface area contributed by atoms with E-state index in [4.69, 9.17) is 14.4 Å². The first-order chi connectivity index (χ1) is 11.4. The van der Waals surface area contributed by atoms with Crippen molar-refractivity contribution >= 4 is 17.0 Å². The topological polar surface area (TPSA) is 68.9 Å². The van der Waals surface area contributed by atoms with E-state index in [1.54, 1.807) is 6.07 Å². The summed E-state index contributed by atoms with van der Waals surface area (Å²) in [7, 11) is 0. The lowest BCUT2D eigenvalue weighted by Crippen LogP contribution is -2.36. The van der Waals surface area contributed by atoms with Gasteiger partial charge in [0.25, 0.3) is 0 Å². The summed E-state index contributed by atoms with van der Waals surface area (Å²) in [5.41, 5.74) is 1.26. The van der Waals surface area contributed by atoms with Crippen LogP contribution in [-0.2, 0) is 4.89 Å². The summed E-state index contributed by atoms with van der Waals surface area (Å²) in [4.78, 5) is 16.1. The summed E-state index contributed by atoms with van der Waals surface area (Å²) in [6.45, 7) is 5.80. The molecule has 24 heavy (non-hydrogen) atoms. The Labute approximate surface area is 139 Å². The molecular formula is C19H20O5. The van der Waals surface area contributed by atoms with Gasteiger partial charge in [-0.3, -0.25) is 5.26 Å². The summed E-state index contributed by atoms with van der Waals surface area (Å²) in [6, 6.07) is 6.84. The molecule has 1 N–H and O–H groups in total. The van der Waals surface area contributed by atoms with Crippen molar-refractivity contribution in [1.29, 1.82) is 0 Å². The highest BCUT2D eigenvalue weighted by molar-refractivity contribution is 5.89. The first kappa shape index (κ1) is 16.5. The van der Waals surface area contributed by atoms with Crippen molar-refractivity contribution in [2.24, 2.45) is 0 Å². The molecule has 0 radical (unpaired) electrons. The molecular weight excluding hydrogens is 308 g/mol. The van der Waals surface area contributed by atoms with Gasteiger partial charge < -0.3 is 9.15 Å². The van der Waals surface area contributed by atoms with Crippen LogP contribution < -0.4 is 10.4 Å². The fraction of sp³-hybridized carbons (Fsp3) is 0.316. The molecule has 1 aromatic heterocycles. The molecule has 0 aliphatic carbocycles. The predicted molar refractivity (Wildman–Crippen MR) is 92.1 cm³/mol. The Hall–Kier alpha value is -2.37. The molecule has 1 aliphatic heterocycles. The monoisotopic (exact) mass is 328 g/mol. The van der Waals surface area contributed by atoms with Crippen molar-refractivity contribution in [2.75, 3.05) is 0 Å². The van der Waals surface area contributed by atoms with Gasteiger partial charge in [-0.2, -0.15) is 0 Å². The van der Waals surface area contributed by atoms with Crippen molar-refractivity contribution in [3.63, 3.8) is 0 Å². The lowest BCUT2D eigenvalue weighted by molar-refractivity contribution is -0.271. The van der Waals surface area contributed by atoms with Crippen molar-refractivity contribution in [3.05, 3.63) is 58.0 Å². The van der Waals surface area contributed by atoms with Crippen LogP contribution in [0.3, 0.4) is 0 Å². The van der Waals surface area contributed by atoms with Crippen molar-refractivity contribution < 1.29 is 19.3 Å². The lowest BCUT2D eigenvalue weighted by Gasteiger charge is -2.33. The standard InChI is InChI=1S/C19H20O5/c1-12(2)10-14(24-21)11-19(3)9-8-15-16(23-19)6-4-13-5-7-17(20)22-18(13)15/h4-10,14,21H,11H2,1-3H3. The van der Waals surface area contributed by atoms with Gasteiger partial charge in [0, 0.05) is 17.9 Å².